The number of likely N-dealkylation sites (tertiary alicyclic amines) is 2. The fourth-order valence-electron chi connectivity index (χ4n) is 3.79. The molecule has 0 bridgehead atoms. The van der Waals surface area contributed by atoms with Crippen molar-refractivity contribution in [2.45, 2.75) is 38.6 Å². The molecule has 3 rings (SSSR count). The lowest BCUT2D eigenvalue weighted by Gasteiger charge is -2.33. The van der Waals surface area contributed by atoms with E-state index < -0.39 is 0 Å². The molecule has 2 atom stereocenters. The number of thiophene rings is 1. The zero-order valence-corrected chi connectivity index (χ0v) is 15.1. The van der Waals surface area contributed by atoms with Crippen molar-refractivity contribution in [3.8, 4) is 0 Å². The minimum Gasteiger partial charge on any atom is -0.466 e. The summed E-state index contributed by atoms with van der Waals surface area (Å²) in [6, 6.07) is 2.53. The van der Waals surface area contributed by atoms with Gasteiger partial charge in [0.25, 0.3) is 0 Å². The molecule has 0 aromatic carbocycles. The van der Waals surface area contributed by atoms with Gasteiger partial charge in [-0.2, -0.15) is 11.3 Å². The fourth-order valence-corrected chi connectivity index (χ4v) is 4.49. The highest BCUT2D eigenvalue weighted by Gasteiger charge is 2.32. The Bertz CT molecular complexity index is 561. The van der Waals surface area contributed by atoms with Crippen molar-refractivity contribution in [3.63, 3.8) is 0 Å². The van der Waals surface area contributed by atoms with E-state index in [-0.39, 0.29) is 17.8 Å². The van der Waals surface area contributed by atoms with Crippen molar-refractivity contribution in [1.29, 1.82) is 0 Å². The average Bonchev–Trinajstić information content (AvgIpc) is 3.26. The molecule has 0 saturated carbocycles. The predicted octanol–water partition coefficient (Wildman–Crippen LogP) is 2.69. The van der Waals surface area contributed by atoms with Crippen LogP contribution in [0, 0.1) is 5.92 Å². The maximum Gasteiger partial charge on any atom is 0.310 e. The minimum atomic E-state index is -0.160. The Labute approximate surface area is 147 Å². The lowest BCUT2D eigenvalue weighted by Crippen LogP contribution is -2.46. The van der Waals surface area contributed by atoms with Crippen LogP contribution in [0.3, 0.4) is 0 Å². The molecule has 0 unspecified atom stereocenters. The standard InChI is InChI=1S/C18H26N2O3S/c1-2-23-18(22)14-5-3-9-20(11-14)17(21)12-19-8-4-6-16(19)15-7-10-24-13-15/h7,10,13-14,16H,2-6,8-9,11-12H2,1H3/t14-,16+/m1/s1. The number of esters is 1. The summed E-state index contributed by atoms with van der Waals surface area (Å²) in [5.74, 6) is -0.174. The van der Waals surface area contributed by atoms with Crippen molar-refractivity contribution >= 4 is 23.2 Å². The summed E-state index contributed by atoms with van der Waals surface area (Å²) in [6.07, 6.45) is 3.96. The predicted molar refractivity (Wildman–Crippen MR) is 93.8 cm³/mol. The number of amides is 1. The molecule has 132 valence electrons. The number of piperidine rings is 1. The van der Waals surface area contributed by atoms with Crippen LogP contribution in [0.25, 0.3) is 0 Å². The highest BCUT2D eigenvalue weighted by Crippen LogP contribution is 2.33. The number of rotatable bonds is 5. The van der Waals surface area contributed by atoms with Gasteiger partial charge >= 0.3 is 5.97 Å². The van der Waals surface area contributed by atoms with E-state index in [0.717, 1.165) is 38.8 Å². The van der Waals surface area contributed by atoms with E-state index in [2.05, 4.69) is 21.7 Å². The molecule has 0 aliphatic carbocycles. The monoisotopic (exact) mass is 350 g/mol. The molecule has 2 aliphatic heterocycles. The third-order valence-electron chi connectivity index (χ3n) is 5.02. The average molecular weight is 350 g/mol. The molecule has 0 N–H and O–H groups in total. The topological polar surface area (TPSA) is 49.9 Å². The van der Waals surface area contributed by atoms with E-state index in [1.54, 1.807) is 11.3 Å². The summed E-state index contributed by atoms with van der Waals surface area (Å²) in [6.45, 7) is 4.92. The van der Waals surface area contributed by atoms with Crippen molar-refractivity contribution in [2.75, 3.05) is 32.8 Å². The molecule has 24 heavy (non-hydrogen) atoms. The first kappa shape index (κ1) is 17.4. The van der Waals surface area contributed by atoms with Gasteiger partial charge in [-0.25, -0.2) is 0 Å². The molecule has 1 amide bonds. The molecule has 0 spiro atoms. The Balaban J connectivity index is 1.57. The molecular weight excluding hydrogens is 324 g/mol. The number of carbonyl (C=O) groups excluding carboxylic acids is 2. The van der Waals surface area contributed by atoms with Crippen LogP contribution in [0.1, 0.15) is 44.2 Å². The third kappa shape index (κ3) is 3.98. The normalized spacial score (nSPS) is 25.0. The Morgan fingerprint density at radius 2 is 2.12 bits per heavy atom. The van der Waals surface area contributed by atoms with Crippen LogP contribution < -0.4 is 0 Å². The second-order valence-corrected chi connectivity index (χ2v) is 7.40. The smallest absolute Gasteiger partial charge is 0.310 e. The van der Waals surface area contributed by atoms with E-state index in [1.807, 2.05) is 11.8 Å². The zero-order chi connectivity index (χ0) is 16.9. The lowest BCUT2D eigenvalue weighted by atomic mass is 9.98. The number of ether oxygens (including phenoxy) is 1. The van der Waals surface area contributed by atoms with Gasteiger partial charge in [0, 0.05) is 19.1 Å². The van der Waals surface area contributed by atoms with Crippen molar-refractivity contribution in [3.05, 3.63) is 22.4 Å². The highest BCUT2D eigenvalue weighted by molar-refractivity contribution is 7.07. The molecule has 1 aromatic heterocycles. The Morgan fingerprint density at radius 1 is 1.29 bits per heavy atom. The van der Waals surface area contributed by atoms with E-state index in [4.69, 9.17) is 4.74 Å². The maximum absolute atomic E-state index is 12.7. The summed E-state index contributed by atoms with van der Waals surface area (Å²) >= 11 is 1.71. The first-order valence-corrected chi connectivity index (χ1v) is 9.84. The van der Waals surface area contributed by atoms with Gasteiger partial charge < -0.3 is 9.64 Å². The number of hydrogen-bond donors (Lipinski definition) is 0. The first-order valence-electron chi connectivity index (χ1n) is 8.89. The van der Waals surface area contributed by atoms with Gasteiger partial charge in [0.2, 0.25) is 5.91 Å². The van der Waals surface area contributed by atoms with Gasteiger partial charge in [-0.05, 0) is 61.5 Å². The van der Waals surface area contributed by atoms with Crippen LogP contribution >= 0.6 is 11.3 Å². The van der Waals surface area contributed by atoms with E-state index >= 15 is 0 Å². The summed E-state index contributed by atoms with van der Waals surface area (Å²) in [7, 11) is 0. The van der Waals surface area contributed by atoms with Gasteiger partial charge in [0.1, 0.15) is 0 Å². The molecule has 5 nitrogen and oxygen atoms in total. The lowest BCUT2D eigenvalue weighted by molar-refractivity contribution is -0.151. The van der Waals surface area contributed by atoms with Gasteiger partial charge in [-0.3, -0.25) is 14.5 Å². The van der Waals surface area contributed by atoms with Gasteiger partial charge in [-0.15, -0.1) is 0 Å². The van der Waals surface area contributed by atoms with Crippen LogP contribution in [0.15, 0.2) is 16.8 Å². The molecule has 6 heteroatoms. The van der Waals surface area contributed by atoms with Crippen LogP contribution in [0.4, 0.5) is 0 Å². The summed E-state index contributed by atoms with van der Waals surface area (Å²) in [5.41, 5.74) is 1.33. The third-order valence-corrected chi connectivity index (χ3v) is 5.73. The number of hydrogen-bond acceptors (Lipinski definition) is 5. The zero-order valence-electron chi connectivity index (χ0n) is 14.3. The molecule has 3 heterocycles. The largest absolute Gasteiger partial charge is 0.466 e. The van der Waals surface area contributed by atoms with Gasteiger partial charge in [-0.1, -0.05) is 0 Å². The Morgan fingerprint density at radius 3 is 2.88 bits per heavy atom. The van der Waals surface area contributed by atoms with Gasteiger partial charge in [0.15, 0.2) is 0 Å². The second-order valence-electron chi connectivity index (χ2n) is 6.62. The van der Waals surface area contributed by atoms with Crippen molar-refractivity contribution in [2.24, 2.45) is 5.92 Å². The van der Waals surface area contributed by atoms with Crippen molar-refractivity contribution in [1.82, 2.24) is 9.80 Å². The molecule has 2 fully saturated rings. The highest BCUT2D eigenvalue weighted by atomic mass is 32.1. The summed E-state index contributed by atoms with van der Waals surface area (Å²) in [5, 5.41) is 4.29. The Kier molecular flexibility index (Phi) is 5.89. The summed E-state index contributed by atoms with van der Waals surface area (Å²) in [4.78, 5) is 28.8. The molecule has 2 aliphatic rings. The molecule has 2 saturated heterocycles. The minimum absolute atomic E-state index is 0.145. The van der Waals surface area contributed by atoms with E-state index in [1.165, 1.54) is 5.56 Å². The van der Waals surface area contributed by atoms with Gasteiger partial charge in [0.05, 0.1) is 19.1 Å². The van der Waals surface area contributed by atoms with Crippen LogP contribution in [0.5, 0.6) is 0 Å². The van der Waals surface area contributed by atoms with E-state index in [0.29, 0.717) is 25.7 Å². The first-order chi connectivity index (χ1) is 11.7. The maximum atomic E-state index is 12.7. The quantitative estimate of drug-likeness (QED) is 0.766. The Hall–Kier alpha value is -1.40. The second kappa shape index (κ2) is 8.12. The molecule has 0 radical (unpaired) electrons. The summed E-state index contributed by atoms with van der Waals surface area (Å²) < 4.78 is 5.12. The van der Waals surface area contributed by atoms with Crippen LogP contribution in [-0.2, 0) is 14.3 Å². The molecular formula is C18H26N2O3S. The van der Waals surface area contributed by atoms with E-state index in [9.17, 15) is 9.59 Å². The molecule has 1 aromatic rings. The van der Waals surface area contributed by atoms with Crippen LogP contribution in [0.2, 0.25) is 0 Å². The SMILES string of the molecule is CCOC(=O)[C@@H]1CCCN(C(=O)CN2CCC[C@H]2c2ccsc2)C1. The number of nitrogens with zero attached hydrogens (tertiary/aromatic N) is 2. The van der Waals surface area contributed by atoms with Crippen molar-refractivity contribution < 1.29 is 14.3 Å². The number of carbonyl (C=O) groups is 2. The van der Waals surface area contributed by atoms with Crippen LogP contribution in [-0.4, -0.2) is 54.5 Å². The fraction of sp³-hybridized carbons (Fsp3) is 0.667.